The molecule has 0 saturated carbocycles. The summed E-state index contributed by atoms with van der Waals surface area (Å²) in [5.74, 6) is -0.231. The number of ether oxygens (including phenoxy) is 1. The van der Waals surface area contributed by atoms with Gasteiger partial charge >= 0.3 is 5.97 Å². The predicted octanol–water partition coefficient (Wildman–Crippen LogP) is 1.90. The Morgan fingerprint density at radius 2 is 1.88 bits per heavy atom. The number of rotatable bonds is 5. The van der Waals surface area contributed by atoms with Crippen molar-refractivity contribution in [1.29, 1.82) is 0 Å². The molecular weight excluding hydrogens is 202 g/mol. The van der Waals surface area contributed by atoms with Gasteiger partial charge in [-0.25, -0.2) is 0 Å². The molecular formula is C13H19NO2. The van der Waals surface area contributed by atoms with E-state index in [-0.39, 0.29) is 12.0 Å². The minimum Gasteiger partial charge on any atom is -0.468 e. The summed E-state index contributed by atoms with van der Waals surface area (Å²) in [6.45, 7) is 4.61. The lowest BCUT2D eigenvalue weighted by molar-refractivity contribution is -0.142. The van der Waals surface area contributed by atoms with E-state index >= 15 is 0 Å². The fourth-order valence-electron chi connectivity index (χ4n) is 1.42. The average molecular weight is 221 g/mol. The Labute approximate surface area is 96.8 Å². The van der Waals surface area contributed by atoms with Crippen molar-refractivity contribution in [2.24, 2.45) is 0 Å². The van der Waals surface area contributed by atoms with Crippen molar-refractivity contribution in [3.05, 3.63) is 35.4 Å². The van der Waals surface area contributed by atoms with Gasteiger partial charge in [0.15, 0.2) is 0 Å². The van der Waals surface area contributed by atoms with E-state index in [4.69, 9.17) is 0 Å². The van der Waals surface area contributed by atoms with Crippen LogP contribution < -0.4 is 5.32 Å². The fourth-order valence-corrected chi connectivity index (χ4v) is 1.42. The lowest BCUT2D eigenvalue weighted by atomic mass is 10.1. The fraction of sp³-hybridized carbons (Fsp3) is 0.462. The molecule has 0 fully saturated rings. The summed E-state index contributed by atoms with van der Waals surface area (Å²) in [4.78, 5) is 11.1. The summed E-state index contributed by atoms with van der Waals surface area (Å²) in [5.41, 5.74) is 2.50. The second-order valence-corrected chi connectivity index (χ2v) is 3.80. The molecule has 88 valence electrons. The smallest absolute Gasteiger partial charge is 0.322 e. The molecule has 0 aromatic heterocycles. The van der Waals surface area contributed by atoms with Gasteiger partial charge in [-0.1, -0.05) is 31.2 Å². The molecule has 3 heteroatoms. The molecule has 1 atom stereocenters. The maximum absolute atomic E-state index is 11.1. The molecule has 1 aromatic rings. The summed E-state index contributed by atoms with van der Waals surface area (Å²) in [7, 11) is 1.40. The standard InChI is InChI=1S/C13H19NO2/c1-4-11-5-7-12(8-6-11)9-14-10(2)13(15)16-3/h5-8,10,14H,4,9H2,1-3H3. The van der Waals surface area contributed by atoms with E-state index in [2.05, 4.69) is 41.2 Å². The molecule has 0 amide bonds. The van der Waals surface area contributed by atoms with Gasteiger partial charge in [0.2, 0.25) is 0 Å². The summed E-state index contributed by atoms with van der Waals surface area (Å²) >= 11 is 0. The van der Waals surface area contributed by atoms with E-state index in [0.29, 0.717) is 6.54 Å². The molecule has 0 spiro atoms. The van der Waals surface area contributed by atoms with Gasteiger partial charge < -0.3 is 10.1 Å². The van der Waals surface area contributed by atoms with Crippen LogP contribution in [0.25, 0.3) is 0 Å². The van der Waals surface area contributed by atoms with Crippen LogP contribution in [0.15, 0.2) is 24.3 Å². The first-order valence-corrected chi connectivity index (χ1v) is 5.56. The van der Waals surface area contributed by atoms with Crippen LogP contribution in [0.1, 0.15) is 25.0 Å². The van der Waals surface area contributed by atoms with Gasteiger partial charge in [-0.05, 0) is 24.5 Å². The molecule has 1 unspecified atom stereocenters. The minimum atomic E-state index is -0.268. The number of nitrogens with one attached hydrogen (secondary N) is 1. The van der Waals surface area contributed by atoms with E-state index in [1.54, 1.807) is 6.92 Å². The maximum Gasteiger partial charge on any atom is 0.322 e. The number of benzene rings is 1. The molecule has 0 bridgehead atoms. The van der Waals surface area contributed by atoms with Crippen LogP contribution in [0.5, 0.6) is 0 Å². The van der Waals surface area contributed by atoms with Crippen LogP contribution >= 0.6 is 0 Å². The van der Waals surface area contributed by atoms with Crippen LogP contribution in [0.3, 0.4) is 0 Å². The van der Waals surface area contributed by atoms with Crippen LogP contribution in [-0.4, -0.2) is 19.1 Å². The Kier molecular flexibility index (Phi) is 4.99. The van der Waals surface area contributed by atoms with Crippen molar-refractivity contribution in [3.63, 3.8) is 0 Å². The van der Waals surface area contributed by atoms with Gasteiger partial charge in [-0.15, -0.1) is 0 Å². The number of methoxy groups -OCH3 is 1. The third-order valence-corrected chi connectivity index (χ3v) is 2.60. The number of aryl methyl sites for hydroxylation is 1. The van der Waals surface area contributed by atoms with E-state index in [1.165, 1.54) is 18.2 Å². The highest BCUT2D eigenvalue weighted by Gasteiger charge is 2.11. The summed E-state index contributed by atoms with van der Waals surface area (Å²) in [5, 5.41) is 3.11. The second kappa shape index (κ2) is 6.28. The lowest BCUT2D eigenvalue weighted by Crippen LogP contribution is -2.34. The normalized spacial score (nSPS) is 12.2. The monoisotopic (exact) mass is 221 g/mol. The van der Waals surface area contributed by atoms with Crippen LogP contribution in [0, 0.1) is 0 Å². The minimum absolute atomic E-state index is 0.231. The van der Waals surface area contributed by atoms with Crippen molar-refractivity contribution < 1.29 is 9.53 Å². The van der Waals surface area contributed by atoms with E-state index in [0.717, 1.165) is 6.42 Å². The molecule has 0 saturated heterocycles. The van der Waals surface area contributed by atoms with Crippen molar-refractivity contribution in [1.82, 2.24) is 5.32 Å². The molecule has 16 heavy (non-hydrogen) atoms. The molecule has 0 radical (unpaired) electrons. The van der Waals surface area contributed by atoms with Gasteiger partial charge in [0.1, 0.15) is 6.04 Å². The Hall–Kier alpha value is -1.35. The first-order chi connectivity index (χ1) is 7.67. The number of carbonyl (C=O) groups excluding carboxylic acids is 1. The first kappa shape index (κ1) is 12.7. The van der Waals surface area contributed by atoms with Gasteiger partial charge in [-0.3, -0.25) is 4.79 Å². The molecule has 1 rings (SSSR count). The lowest BCUT2D eigenvalue weighted by Gasteiger charge is -2.11. The molecule has 0 heterocycles. The highest BCUT2D eigenvalue weighted by molar-refractivity contribution is 5.75. The highest BCUT2D eigenvalue weighted by atomic mass is 16.5. The Balaban J connectivity index is 2.45. The van der Waals surface area contributed by atoms with Gasteiger partial charge in [0.05, 0.1) is 7.11 Å². The third-order valence-electron chi connectivity index (χ3n) is 2.60. The summed E-state index contributed by atoms with van der Waals surface area (Å²) in [6, 6.07) is 8.11. The van der Waals surface area contributed by atoms with E-state index in [1.807, 2.05) is 0 Å². The van der Waals surface area contributed by atoms with Crippen molar-refractivity contribution in [2.45, 2.75) is 32.9 Å². The predicted molar refractivity (Wildman–Crippen MR) is 64.1 cm³/mol. The zero-order valence-corrected chi connectivity index (χ0v) is 10.1. The van der Waals surface area contributed by atoms with Crippen molar-refractivity contribution >= 4 is 5.97 Å². The largest absolute Gasteiger partial charge is 0.468 e. The molecule has 1 N–H and O–H groups in total. The van der Waals surface area contributed by atoms with Gasteiger partial charge in [-0.2, -0.15) is 0 Å². The molecule has 1 aromatic carbocycles. The molecule has 0 aliphatic heterocycles. The first-order valence-electron chi connectivity index (χ1n) is 5.56. The highest BCUT2D eigenvalue weighted by Crippen LogP contribution is 2.05. The SMILES string of the molecule is CCc1ccc(CNC(C)C(=O)OC)cc1. The number of esters is 1. The van der Waals surface area contributed by atoms with Crippen LogP contribution in [0.2, 0.25) is 0 Å². The average Bonchev–Trinajstić information content (AvgIpc) is 2.35. The zero-order valence-electron chi connectivity index (χ0n) is 10.1. The Morgan fingerprint density at radius 3 is 2.38 bits per heavy atom. The Bertz CT molecular complexity index is 332. The van der Waals surface area contributed by atoms with Crippen LogP contribution in [0.4, 0.5) is 0 Å². The Morgan fingerprint density at radius 1 is 1.31 bits per heavy atom. The summed E-state index contributed by atoms with van der Waals surface area (Å²) < 4.78 is 4.64. The molecule has 0 aliphatic carbocycles. The van der Waals surface area contributed by atoms with Crippen molar-refractivity contribution in [3.8, 4) is 0 Å². The van der Waals surface area contributed by atoms with E-state index < -0.39 is 0 Å². The number of hydrogen-bond donors (Lipinski definition) is 1. The van der Waals surface area contributed by atoms with Crippen LogP contribution in [-0.2, 0) is 22.5 Å². The molecule has 0 aliphatic rings. The van der Waals surface area contributed by atoms with Gasteiger partial charge in [0, 0.05) is 6.54 Å². The quantitative estimate of drug-likeness (QED) is 0.772. The zero-order chi connectivity index (χ0) is 12.0. The molecule has 3 nitrogen and oxygen atoms in total. The van der Waals surface area contributed by atoms with Gasteiger partial charge in [0.25, 0.3) is 0 Å². The number of hydrogen-bond acceptors (Lipinski definition) is 3. The topological polar surface area (TPSA) is 38.3 Å². The summed E-state index contributed by atoms with van der Waals surface area (Å²) in [6.07, 6.45) is 1.05. The second-order valence-electron chi connectivity index (χ2n) is 3.80. The van der Waals surface area contributed by atoms with Crippen molar-refractivity contribution in [2.75, 3.05) is 7.11 Å². The third kappa shape index (κ3) is 3.66. The van der Waals surface area contributed by atoms with E-state index in [9.17, 15) is 4.79 Å². The maximum atomic E-state index is 11.1. The number of carbonyl (C=O) groups is 1.